The fraction of sp³-hybridized carbons (Fsp3) is 0.280. The number of anilines is 1. The van der Waals surface area contributed by atoms with Crippen LogP contribution in [0.3, 0.4) is 0 Å². The minimum absolute atomic E-state index is 0.0403. The quantitative estimate of drug-likeness (QED) is 0.441. The van der Waals surface area contributed by atoms with Gasteiger partial charge in [0.1, 0.15) is 12.3 Å². The van der Waals surface area contributed by atoms with Gasteiger partial charge in [-0.15, -0.1) is 0 Å². The van der Waals surface area contributed by atoms with Crippen molar-refractivity contribution in [2.75, 3.05) is 12.4 Å². The van der Waals surface area contributed by atoms with Crippen LogP contribution >= 0.6 is 0 Å². The molecule has 7 heteroatoms. The molecule has 0 radical (unpaired) electrons. The molecule has 5 rings (SSSR count). The molecule has 2 amide bonds. The van der Waals surface area contributed by atoms with Crippen LogP contribution in [0.2, 0.25) is 0 Å². The molecule has 3 N–H and O–H groups in total. The Kier molecular flexibility index (Phi) is 5.09. The molecule has 1 aliphatic rings. The van der Waals surface area contributed by atoms with Crippen molar-refractivity contribution in [2.24, 2.45) is 0 Å². The van der Waals surface area contributed by atoms with Gasteiger partial charge in [-0.1, -0.05) is 6.07 Å². The molecule has 164 valence electrons. The fourth-order valence-corrected chi connectivity index (χ4v) is 4.77. The Balaban J connectivity index is 1.37. The maximum absolute atomic E-state index is 13.0. The highest BCUT2D eigenvalue weighted by atomic mass is 16.5. The third kappa shape index (κ3) is 3.60. The van der Waals surface area contributed by atoms with E-state index in [1.54, 1.807) is 7.11 Å². The van der Waals surface area contributed by atoms with Crippen LogP contribution in [-0.4, -0.2) is 28.5 Å². The van der Waals surface area contributed by atoms with Gasteiger partial charge in [-0.25, -0.2) is 0 Å². The molecule has 0 saturated carbocycles. The van der Waals surface area contributed by atoms with E-state index < -0.39 is 0 Å². The zero-order valence-electron chi connectivity index (χ0n) is 18.2. The van der Waals surface area contributed by atoms with Crippen LogP contribution in [0, 0.1) is 0 Å². The molecule has 4 aromatic rings. The van der Waals surface area contributed by atoms with Gasteiger partial charge < -0.3 is 24.9 Å². The lowest BCUT2D eigenvalue weighted by Crippen LogP contribution is -2.33. The summed E-state index contributed by atoms with van der Waals surface area (Å²) >= 11 is 0. The van der Waals surface area contributed by atoms with E-state index in [-0.39, 0.29) is 24.4 Å². The molecule has 2 heterocycles. The van der Waals surface area contributed by atoms with E-state index in [1.165, 1.54) is 17.9 Å². The van der Waals surface area contributed by atoms with Gasteiger partial charge in [0.05, 0.1) is 24.4 Å². The van der Waals surface area contributed by atoms with E-state index in [2.05, 4.69) is 21.7 Å². The third-order valence-electron chi connectivity index (χ3n) is 6.19. The van der Waals surface area contributed by atoms with Gasteiger partial charge in [0.15, 0.2) is 0 Å². The summed E-state index contributed by atoms with van der Waals surface area (Å²) in [6.07, 6.45) is 4.80. The highest BCUT2D eigenvalue weighted by Crippen LogP contribution is 2.36. The van der Waals surface area contributed by atoms with Crippen molar-refractivity contribution >= 4 is 39.3 Å². The number of fused-ring (bicyclic) bond motifs is 4. The number of carbonyl (C=O) groups excluding carboxylic acids is 2. The zero-order valence-corrected chi connectivity index (χ0v) is 18.2. The van der Waals surface area contributed by atoms with Crippen LogP contribution in [-0.2, 0) is 22.6 Å². The summed E-state index contributed by atoms with van der Waals surface area (Å²) in [5, 5.41) is 8.15. The molecule has 0 aliphatic heterocycles. The maximum atomic E-state index is 13.0. The number of aromatic amines is 1. The first-order valence-electron chi connectivity index (χ1n) is 10.9. The van der Waals surface area contributed by atoms with Gasteiger partial charge in [0, 0.05) is 35.1 Å². The van der Waals surface area contributed by atoms with Gasteiger partial charge in [-0.2, -0.15) is 0 Å². The average molecular weight is 431 g/mol. The molecule has 0 bridgehead atoms. The number of H-pyrrole nitrogens is 1. The lowest BCUT2D eigenvalue weighted by molar-refractivity contribution is -0.122. The Labute approximate surface area is 185 Å². The molecular formula is C25H26N4O3. The number of carbonyl (C=O) groups is 2. The molecule has 1 atom stereocenters. The normalized spacial score (nSPS) is 15.5. The lowest BCUT2D eigenvalue weighted by Gasteiger charge is -2.24. The standard InChI is InChI=1S/C25H26N4O3/c1-15(30)26-20-6-4-8-23-18(20)11-12-29(23)14-24(31)27-22-7-3-5-17-19-13-16(32-2)9-10-21(19)28-25(17)22/h4,6,8-13,22,28H,3,5,7,14H2,1-2H3,(H,26,30)(H,27,31)/t22-/m0/s1. The average Bonchev–Trinajstić information content (AvgIpc) is 3.35. The number of hydrogen-bond donors (Lipinski definition) is 3. The van der Waals surface area contributed by atoms with Crippen molar-refractivity contribution in [1.29, 1.82) is 0 Å². The lowest BCUT2D eigenvalue weighted by atomic mass is 9.91. The van der Waals surface area contributed by atoms with Crippen LogP contribution in [0.1, 0.15) is 37.1 Å². The summed E-state index contributed by atoms with van der Waals surface area (Å²) in [4.78, 5) is 28.0. The van der Waals surface area contributed by atoms with E-state index in [9.17, 15) is 9.59 Å². The highest BCUT2D eigenvalue weighted by molar-refractivity contribution is 6.01. The first kappa shape index (κ1) is 20.2. The van der Waals surface area contributed by atoms with E-state index in [1.807, 2.05) is 47.2 Å². The van der Waals surface area contributed by atoms with Crippen molar-refractivity contribution in [2.45, 2.75) is 38.8 Å². The van der Waals surface area contributed by atoms with Crippen LogP contribution in [0.15, 0.2) is 48.7 Å². The number of ether oxygens (including phenoxy) is 1. The second-order valence-electron chi connectivity index (χ2n) is 8.30. The third-order valence-corrected chi connectivity index (χ3v) is 6.19. The minimum Gasteiger partial charge on any atom is -0.497 e. The van der Waals surface area contributed by atoms with Gasteiger partial charge in [-0.3, -0.25) is 9.59 Å². The molecule has 1 aliphatic carbocycles. The summed E-state index contributed by atoms with van der Waals surface area (Å²) in [6.45, 7) is 1.70. The first-order chi connectivity index (χ1) is 15.5. The molecule has 0 spiro atoms. The number of nitrogens with zero attached hydrogens (tertiary/aromatic N) is 1. The number of amides is 2. The van der Waals surface area contributed by atoms with Gasteiger partial charge >= 0.3 is 0 Å². The smallest absolute Gasteiger partial charge is 0.240 e. The predicted octanol–water partition coefficient (Wildman–Crippen LogP) is 4.28. The monoisotopic (exact) mass is 430 g/mol. The van der Waals surface area contributed by atoms with Crippen LogP contribution in [0.5, 0.6) is 5.75 Å². The van der Waals surface area contributed by atoms with Gasteiger partial charge in [0.2, 0.25) is 11.8 Å². The fourth-order valence-electron chi connectivity index (χ4n) is 4.77. The van der Waals surface area contributed by atoms with E-state index in [0.717, 1.165) is 52.8 Å². The van der Waals surface area contributed by atoms with Crippen molar-refractivity contribution in [3.8, 4) is 5.75 Å². The second-order valence-corrected chi connectivity index (χ2v) is 8.30. The molecule has 0 fully saturated rings. The number of benzene rings is 2. The molecule has 32 heavy (non-hydrogen) atoms. The molecule has 2 aromatic heterocycles. The summed E-state index contributed by atoms with van der Waals surface area (Å²) in [5.74, 6) is 0.678. The van der Waals surface area contributed by atoms with E-state index in [0.29, 0.717) is 0 Å². The number of aryl methyl sites for hydroxylation is 1. The summed E-state index contributed by atoms with van der Waals surface area (Å²) in [6, 6.07) is 13.6. The van der Waals surface area contributed by atoms with Crippen LogP contribution in [0.25, 0.3) is 21.8 Å². The van der Waals surface area contributed by atoms with Gasteiger partial charge in [0.25, 0.3) is 0 Å². The number of nitrogens with one attached hydrogen (secondary N) is 3. The number of rotatable bonds is 5. The molecule has 2 aromatic carbocycles. The Morgan fingerprint density at radius 3 is 2.88 bits per heavy atom. The largest absolute Gasteiger partial charge is 0.497 e. The van der Waals surface area contributed by atoms with Crippen molar-refractivity contribution in [1.82, 2.24) is 14.9 Å². The maximum Gasteiger partial charge on any atom is 0.240 e. The van der Waals surface area contributed by atoms with E-state index >= 15 is 0 Å². The predicted molar refractivity (Wildman–Crippen MR) is 125 cm³/mol. The first-order valence-corrected chi connectivity index (χ1v) is 10.9. The number of methoxy groups -OCH3 is 1. The van der Waals surface area contributed by atoms with Gasteiger partial charge in [-0.05, 0) is 61.2 Å². The van der Waals surface area contributed by atoms with Crippen molar-refractivity contribution in [3.05, 3.63) is 59.9 Å². The summed E-state index contributed by atoms with van der Waals surface area (Å²) < 4.78 is 7.30. The zero-order chi connectivity index (χ0) is 22.2. The summed E-state index contributed by atoms with van der Waals surface area (Å²) in [5.41, 5.74) is 5.09. The Morgan fingerprint density at radius 1 is 1.19 bits per heavy atom. The Hall–Kier alpha value is -3.74. The minimum atomic E-state index is -0.118. The number of hydrogen-bond acceptors (Lipinski definition) is 3. The Morgan fingerprint density at radius 2 is 2.06 bits per heavy atom. The molecule has 0 unspecified atom stereocenters. The summed E-state index contributed by atoms with van der Waals surface area (Å²) in [7, 11) is 1.67. The second kappa shape index (κ2) is 8.07. The van der Waals surface area contributed by atoms with Crippen LogP contribution < -0.4 is 15.4 Å². The highest BCUT2D eigenvalue weighted by Gasteiger charge is 2.26. The van der Waals surface area contributed by atoms with Crippen molar-refractivity contribution in [3.63, 3.8) is 0 Å². The molecular weight excluding hydrogens is 404 g/mol. The molecule has 0 saturated heterocycles. The number of aromatic nitrogens is 2. The SMILES string of the molecule is COc1ccc2[nH]c3c(c2c1)CCC[C@@H]3NC(=O)Cn1ccc2c(NC(C)=O)cccc21. The Bertz CT molecular complexity index is 1330. The van der Waals surface area contributed by atoms with E-state index in [4.69, 9.17) is 4.74 Å². The topological polar surface area (TPSA) is 88.2 Å². The van der Waals surface area contributed by atoms with Crippen molar-refractivity contribution < 1.29 is 14.3 Å². The molecule has 7 nitrogen and oxygen atoms in total. The van der Waals surface area contributed by atoms with Crippen LogP contribution in [0.4, 0.5) is 5.69 Å².